The molecule has 0 fully saturated rings. The highest BCUT2D eigenvalue weighted by molar-refractivity contribution is 5.68. The molecule has 0 amide bonds. The van der Waals surface area contributed by atoms with E-state index < -0.39 is 12.0 Å². The summed E-state index contributed by atoms with van der Waals surface area (Å²) in [6.07, 6.45) is 2.86. The van der Waals surface area contributed by atoms with E-state index in [2.05, 4.69) is 15.3 Å². The molecule has 21 heavy (non-hydrogen) atoms. The summed E-state index contributed by atoms with van der Waals surface area (Å²) in [5, 5.41) is 11.7. The zero-order chi connectivity index (χ0) is 15.2. The molecule has 0 aliphatic carbocycles. The molecule has 2 rings (SSSR count). The van der Waals surface area contributed by atoms with Gasteiger partial charge in [0.05, 0.1) is 19.2 Å². The first kappa shape index (κ1) is 14.7. The molecule has 1 heterocycles. The largest absolute Gasteiger partial charge is 0.495 e. The number of para-hydroxylation sites is 2. The van der Waals surface area contributed by atoms with Crippen molar-refractivity contribution in [2.24, 2.45) is 5.73 Å². The highest BCUT2D eigenvalue weighted by Crippen LogP contribution is 2.25. The van der Waals surface area contributed by atoms with E-state index in [4.69, 9.17) is 15.6 Å². The molecule has 110 valence electrons. The van der Waals surface area contributed by atoms with Crippen molar-refractivity contribution >= 4 is 17.6 Å². The number of nitrogens with one attached hydrogen (secondary N) is 1. The summed E-state index contributed by atoms with van der Waals surface area (Å²) in [6.45, 7) is 0. The fourth-order valence-corrected chi connectivity index (χ4v) is 1.77. The van der Waals surface area contributed by atoms with Crippen LogP contribution in [0.1, 0.15) is 18.0 Å². The Bertz CT molecular complexity index is 616. The third-order valence-corrected chi connectivity index (χ3v) is 2.85. The molecule has 0 bridgehead atoms. The van der Waals surface area contributed by atoms with Gasteiger partial charge in [-0.25, -0.2) is 9.97 Å². The van der Waals surface area contributed by atoms with E-state index in [9.17, 15) is 4.79 Å². The average molecular weight is 288 g/mol. The zero-order valence-corrected chi connectivity index (χ0v) is 11.5. The minimum Gasteiger partial charge on any atom is -0.495 e. The van der Waals surface area contributed by atoms with Gasteiger partial charge in [-0.15, -0.1) is 0 Å². The van der Waals surface area contributed by atoms with Crippen LogP contribution < -0.4 is 15.8 Å². The number of methoxy groups -OCH3 is 1. The van der Waals surface area contributed by atoms with Crippen LogP contribution in [0.4, 0.5) is 11.6 Å². The fraction of sp³-hybridized carbons (Fsp3) is 0.214. The molecule has 0 saturated heterocycles. The molecule has 7 nitrogen and oxygen atoms in total. The van der Waals surface area contributed by atoms with Gasteiger partial charge in [0, 0.05) is 24.0 Å². The van der Waals surface area contributed by atoms with E-state index >= 15 is 0 Å². The Morgan fingerprint density at radius 2 is 2.05 bits per heavy atom. The number of carboxylic acids is 1. The lowest BCUT2D eigenvalue weighted by Crippen LogP contribution is -2.15. The second-order valence-corrected chi connectivity index (χ2v) is 4.37. The van der Waals surface area contributed by atoms with E-state index in [0.717, 1.165) is 5.69 Å². The lowest BCUT2D eigenvalue weighted by atomic mass is 10.1. The molecule has 0 radical (unpaired) electrons. The third kappa shape index (κ3) is 3.90. The van der Waals surface area contributed by atoms with Gasteiger partial charge in [0.1, 0.15) is 5.75 Å². The van der Waals surface area contributed by atoms with Crippen LogP contribution in [-0.4, -0.2) is 28.2 Å². The quantitative estimate of drug-likeness (QED) is 0.742. The summed E-state index contributed by atoms with van der Waals surface area (Å²) in [7, 11) is 1.58. The van der Waals surface area contributed by atoms with Crippen LogP contribution in [0.25, 0.3) is 0 Å². The second-order valence-electron chi connectivity index (χ2n) is 4.37. The molecule has 1 aromatic heterocycles. The minimum atomic E-state index is -0.960. The Kier molecular flexibility index (Phi) is 4.68. The first-order chi connectivity index (χ1) is 10.1. The number of ether oxygens (including phenoxy) is 1. The van der Waals surface area contributed by atoms with Crippen LogP contribution in [0, 0.1) is 0 Å². The van der Waals surface area contributed by atoms with Gasteiger partial charge in [-0.2, -0.15) is 0 Å². The van der Waals surface area contributed by atoms with E-state index in [1.807, 2.05) is 24.3 Å². The Balaban J connectivity index is 2.10. The lowest BCUT2D eigenvalue weighted by molar-refractivity contribution is -0.137. The molecule has 0 unspecified atom stereocenters. The Hall–Kier alpha value is -2.67. The Morgan fingerprint density at radius 3 is 2.67 bits per heavy atom. The standard InChI is InChI=1S/C14H16N4O3/c1-21-12-5-3-2-4-11(12)18-14-16-7-9(8-17-14)10(15)6-13(19)20/h2-5,7-8,10H,6,15H2,1H3,(H,19,20)(H,16,17,18)/t10-/m1/s1. The molecule has 1 atom stereocenters. The lowest BCUT2D eigenvalue weighted by Gasteiger charge is -2.11. The van der Waals surface area contributed by atoms with E-state index in [0.29, 0.717) is 17.3 Å². The van der Waals surface area contributed by atoms with Crippen molar-refractivity contribution in [3.8, 4) is 5.75 Å². The predicted molar refractivity (Wildman–Crippen MR) is 77.5 cm³/mol. The maximum Gasteiger partial charge on any atom is 0.305 e. The molecule has 0 saturated carbocycles. The topological polar surface area (TPSA) is 110 Å². The van der Waals surface area contributed by atoms with Gasteiger partial charge in [0.15, 0.2) is 0 Å². The zero-order valence-electron chi connectivity index (χ0n) is 11.5. The van der Waals surface area contributed by atoms with E-state index in [1.165, 1.54) is 12.4 Å². The molecular formula is C14H16N4O3. The van der Waals surface area contributed by atoms with Crippen molar-refractivity contribution in [3.63, 3.8) is 0 Å². The Morgan fingerprint density at radius 1 is 1.38 bits per heavy atom. The van der Waals surface area contributed by atoms with Crippen LogP contribution in [0.2, 0.25) is 0 Å². The molecule has 7 heteroatoms. The monoisotopic (exact) mass is 288 g/mol. The third-order valence-electron chi connectivity index (χ3n) is 2.85. The van der Waals surface area contributed by atoms with Gasteiger partial charge in [-0.3, -0.25) is 4.79 Å². The van der Waals surface area contributed by atoms with Crippen LogP contribution in [0.3, 0.4) is 0 Å². The van der Waals surface area contributed by atoms with Gasteiger partial charge in [0.25, 0.3) is 0 Å². The fourth-order valence-electron chi connectivity index (χ4n) is 1.77. The molecule has 0 aliphatic heterocycles. The van der Waals surface area contributed by atoms with Crippen molar-refractivity contribution < 1.29 is 14.6 Å². The molecule has 0 spiro atoms. The maximum absolute atomic E-state index is 10.6. The number of anilines is 2. The van der Waals surface area contributed by atoms with Crippen LogP contribution in [0.5, 0.6) is 5.75 Å². The summed E-state index contributed by atoms with van der Waals surface area (Å²) in [6, 6.07) is 6.76. The number of nitrogens with two attached hydrogens (primary N) is 1. The molecule has 0 aliphatic rings. The smallest absolute Gasteiger partial charge is 0.305 e. The van der Waals surface area contributed by atoms with Crippen molar-refractivity contribution in [1.29, 1.82) is 0 Å². The van der Waals surface area contributed by atoms with Crippen LogP contribution in [-0.2, 0) is 4.79 Å². The highest BCUT2D eigenvalue weighted by atomic mass is 16.5. The summed E-state index contributed by atoms with van der Waals surface area (Å²) in [5.41, 5.74) is 7.05. The number of aliphatic carboxylic acids is 1. The predicted octanol–water partition coefficient (Wildman–Crippen LogP) is 1.70. The second kappa shape index (κ2) is 6.67. The van der Waals surface area contributed by atoms with Crippen molar-refractivity contribution in [2.45, 2.75) is 12.5 Å². The van der Waals surface area contributed by atoms with Crippen molar-refractivity contribution in [3.05, 3.63) is 42.2 Å². The summed E-state index contributed by atoms with van der Waals surface area (Å²) in [4.78, 5) is 18.9. The summed E-state index contributed by atoms with van der Waals surface area (Å²) >= 11 is 0. The molecular weight excluding hydrogens is 272 g/mol. The number of carbonyl (C=O) groups is 1. The first-order valence-electron chi connectivity index (χ1n) is 6.29. The summed E-state index contributed by atoms with van der Waals surface area (Å²) < 4.78 is 5.22. The number of benzene rings is 1. The van der Waals surface area contributed by atoms with Gasteiger partial charge in [-0.05, 0) is 12.1 Å². The van der Waals surface area contributed by atoms with Crippen LogP contribution in [0.15, 0.2) is 36.7 Å². The number of hydrogen-bond donors (Lipinski definition) is 3. The molecule has 4 N–H and O–H groups in total. The van der Waals surface area contributed by atoms with E-state index in [1.54, 1.807) is 7.11 Å². The summed E-state index contributed by atoms with van der Waals surface area (Å²) in [5.74, 6) is 0.0947. The van der Waals surface area contributed by atoms with Gasteiger partial charge < -0.3 is 20.9 Å². The highest BCUT2D eigenvalue weighted by Gasteiger charge is 2.12. The number of rotatable bonds is 6. The number of nitrogens with zero attached hydrogens (tertiary/aromatic N) is 2. The van der Waals surface area contributed by atoms with Gasteiger partial charge >= 0.3 is 5.97 Å². The number of aromatic nitrogens is 2. The van der Waals surface area contributed by atoms with Crippen LogP contribution >= 0.6 is 0 Å². The maximum atomic E-state index is 10.6. The normalized spacial score (nSPS) is 11.7. The number of carboxylic acid groups (broad SMARTS) is 1. The number of hydrogen-bond acceptors (Lipinski definition) is 6. The minimum absolute atomic E-state index is 0.164. The van der Waals surface area contributed by atoms with E-state index in [-0.39, 0.29) is 6.42 Å². The average Bonchev–Trinajstić information content (AvgIpc) is 2.48. The van der Waals surface area contributed by atoms with Gasteiger partial charge in [-0.1, -0.05) is 12.1 Å². The van der Waals surface area contributed by atoms with Gasteiger partial charge in [0.2, 0.25) is 5.95 Å². The molecule has 1 aromatic carbocycles. The SMILES string of the molecule is COc1ccccc1Nc1ncc([C@H](N)CC(=O)O)cn1. The van der Waals surface area contributed by atoms with Crippen molar-refractivity contribution in [1.82, 2.24) is 9.97 Å². The van der Waals surface area contributed by atoms with Crippen molar-refractivity contribution in [2.75, 3.05) is 12.4 Å². The Labute approximate surface area is 121 Å². The molecule has 2 aromatic rings. The first-order valence-corrected chi connectivity index (χ1v) is 6.29.